The first kappa shape index (κ1) is 28.4. The Balaban J connectivity index is 1.39. The van der Waals surface area contributed by atoms with Gasteiger partial charge in [-0.05, 0) is 67.7 Å². The molecule has 0 fully saturated rings. The Hall–Kier alpha value is -4.57. The van der Waals surface area contributed by atoms with Crippen LogP contribution < -0.4 is 21.1 Å². The number of hydrazine groups is 2. The predicted molar refractivity (Wildman–Crippen MR) is 154 cm³/mol. The molecule has 40 heavy (non-hydrogen) atoms. The van der Waals surface area contributed by atoms with E-state index in [0.29, 0.717) is 36.5 Å². The summed E-state index contributed by atoms with van der Waals surface area (Å²) in [5, 5.41) is 9.00. The summed E-state index contributed by atoms with van der Waals surface area (Å²) in [6, 6.07) is 13.4. The van der Waals surface area contributed by atoms with Crippen molar-refractivity contribution in [3.05, 3.63) is 101 Å². The van der Waals surface area contributed by atoms with E-state index in [1.165, 1.54) is 7.11 Å². The fourth-order valence-electron chi connectivity index (χ4n) is 4.43. The molecule has 0 aliphatic carbocycles. The number of nitrogens with one attached hydrogen (secondary N) is 3. The van der Waals surface area contributed by atoms with Crippen molar-refractivity contribution >= 4 is 17.8 Å². The van der Waals surface area contributed by atoms with Crippen molar-refractivity contribution < 1.29 is 19.1 Å². The molecule has 0 unspecified atom stereocenters. The van der Waals surface area contributed by atoms with Crippen LogP contribution in [0.25, 0.3) is 0 Å². The van der Waals surface area contributed by atoms with Gasteiger partial charge in [0.1, 0.15) is 12.4 Å². The molecule has 2 aliphatic heterocycles. The summed E-state index contributed by atoms with van der Waals surface area (Å²) in [5.74, 6) is 0.904. The SMILES string of the molecule is C=C(/C=C\C=C(/C)C1=NNNN1C(C)C)NC(=O)c1cc2c(cc1OC)CCN(C(=O)OCc1ccccc1)C2. The van der Waals surface area contributed by atoms with E-state index in [9.17, 15) is 9.59 Å². The van der Waals surface area contributed by atoms with E-state index in [1.807, 2.05) is 54.4 Å². The fourth-order valence-corrected chi connectivity index (χ4v) is 4.43. The van der Waals surface area contributed by atoms with Gasteiger partial charge in [0, 0.05) is 24.8 Å². The van der Waals surface area contributed by atoms with Gasteiger partial charge in [-0.3, -0.25) is 9.80 Å². The van der Waals surface area contributed by atoms with Crippen LogP contribution in [0.5, 0.6) is 5.75 Å². The van der Waals surface area contributed by atoms with Crippen LogP contribution in [-0.2, 0) is 24.3 Å². The minimum atomic E-state index is -0.384. The minimum absolute atomic E-state index is 0.210. The zero-order valence-corrected chi connectivity index (χ0v) is 23.4. The molecule has 2 heterocycles. The van der Waals surface area contributed by atoms with Gasteiger partial charge >= 0.3 is 6.09 Å². The fraction of sp³-hybridized carbons (Fsp3) is 0.300. The van der Waals surface area contributed by atoms with Crippen LogP contribution in [0, 0.1) is 0 Å². The lowest BCUT2D eigenvalue weighted by molar-refractivity contribution is 0.0918. The third kappa shape index (κ3) is 6.89. The monoisotopic (exact) mass is 544 g/mol. The number of fused-ring (bicyclic) bond motifs is 1. The molecular weight excluding hydrogens is 508 g/mol. The molecule has 0 saturated heterocycles. The number of hydrazone groups is 1. The molecule has 10 heteroatoms. The normalized spacial score (nSPS) is 15.0. The van der Waals surface area contributed by atoms with E-state index in [2.05, 4.69) is 41.9 Å². The van der Waals surface area contributed by atoms with Crippen molar-refractivity contribution in [1.29, 1.82) is 0 Å². The molecule has 0 atom stereocenters. The number of carbonyl (C=O) groups excluding carboxylic acids is 2. The quantitative estimate of drug-likeness (QED) is 0.407. The number of carbonyl (C=O) groups is 2. The number of hydrogen-bond donors (Lipinski definition) is 3. The van der Waals surface area contributed by atoms with Gasteiger partial charge in [-0.2, -0.15) is 0 Å². The van der Waals surface area contributed by atoms with Crippen LogP contribution >= 0.6 is 0 Å². The highest BCUT2D eigenvalue weighted by Crippen LogP contribution is 2.28. The summed E-state index contributed by atoms with van der Waals surface area (Å²) in [7, 11) is 1.53. The second-order valence-corrected chi connectivity index (χ2v) is 9.84. The Morgan fingerprint density at radius 2 is 1.98 bits per heavy atom. The number of rotatable bonds is 9. The maximum Gasteiger partial charge on any atom is 0.410 e. The standard InChI is InChI=1S/C30H36N6O4/c1-20(2)36-28(32-33-34-36)21(3)10-9-11-22(4)31-29(37)26-16-25-18-35(15-14-24(25)17-27(26)39-5)30(38)40-19-23-12-7-6-8-13-23/h6-13,16-17,20,33-34H,4,14-15,18-19H2,1-3,5H3,(H,31,37)/b11-9-,21-10+. The van der Waals surface area contributed by atoms with Crippen molar-refractivity contribution in [2.24, 2.45) is 5.10 Å². The van der Waals surface area contributed by atoms with Crippen LogP contribution in [-0.4, -0.2) is 47.4 Å². The number of amides is 2. The molecule has 0 aromatic heterocycles. The zero-order chi connectivity index (χ0) is 28.6. The molecule has 2 aromatic rings. The number of nitrogens with zero attached hydrogens (tertiary/aromatic N) is 3. The number of methoxy groups -OCH3 is 1. The molecule has 2 aliphatic rings. The number of amidine groups is 1. The molecular formula is C30H36N6O4. The molecule has 2 amide bonds. The van der Waals surface area contributed by atoms with E-state index in [4.69, 9.17) is 9.47 Å². The maximum absolute atomic E-state index is 13.2. The van der Waals surface area contributed by atoms with E-state index in [-0.39, 0.29) is 24.6 Å². The Morgan fingerprint density at radius 3 is 2.70 bits per heavy atom. The van der Waals surface area contributed by atoms with Crippen LogP contribution in [0.15, 0.2) is 83.6 Å². The first-order chi connectivity index (χ1) is 19.3. The lowest BCUT2D eigenvalue weighted by atomic mass is 9.96. The molecule has 0 radical (unpaired) electrons. The molecule has 210 valence electrons. The van der Waals surface area contributed by atoms with Gasteiger partial charge in [-0.25, -0.2) is 10.3 Å². The topological polar surface area (TPSA) is 108 Å². The Morgan fingerprint density at radius 1 is 1.20 bits per heavy atom. The number of allylic oxidation sites excluding steroid dienone is 3. The Kier molecular flexibility index (Phi) is 9.23. The van der Waals surface area contributed by atoms with Crippen LogP contribution in [0.3, 0.4) is 0 Å². The summed E-state index contributed by atoms with van der Waals surface area (Å²) in [5.41, 5.74) is 10.3. The minimum Gasteiger partial charge on any atom is -0.496 e. The van der Waals surface area contributed by atoms with Gasteiger partial charge in [-0.15, -0.1) is 10.6 Å². The zero-order valence-electron chi connectivity index (χ0n) is 23.4. The summed E-state index contributed by atoms with van der Waals surface area (Å²) < 4.78 is 11.0. The Bertz CT molecular complexity index is 1350. The largest absolute Gasteiger partial charge is 0.496 e. The first-order valence-corrected chi connectivity index (χ1v) is 13.2. The second kappa shape index (κ2) is 13.0. The first-order valence-electron chi connectivity index (χ1n) is 13.2. The van der Waals surface area contributed by atoms with E-state index < -0.39 is 0 Å². The molecule has 4 rings (SSSR count). The van der Waals surface area contributed by atoms with Crippen LogP contribution in [0.4, 0.5) is 4.79 Å². The van der Waals surface area contributed by atoms with Gasteiger partial charge in [0.15, 0.2) is 5.84 Å². The van der Waals surface area contributed by atoms with Gasteiger partial charge in [-0.1, -0.05) is 49.1 Å². The smallest absolute Gasteiger partial charge is 0.410 e. The van der Waals surface area contributed by atoms with Crippen molar-refractivity contribution in [2.45, 2.75) is 46.4 Å². The summed E-state index contributed by atoms with van der Waals surface area (Å²) in [6.45, 7) is 11.1. The van der Waals surface area contributed by atoms with Gasteiger partial charge in [0.25, 0.3) is 5.91 Å². The summed E-state index contributed by atoms with van der Waals surface area (Å²) >= 11 is 0. The third-order valence-electron chi connectivity index (χ3n) is 6.59. The molecule has 10 nitrogen and oxygen atoms in total. The predicted octanol–water partition coefficient (Wildman–Crippen LogP) is 4.18. The lowest BCUT2D eigenvalue weighted by Gasteiger charge is -2.29. The van der Waals surface area contributed by atoms with Crippen molar-refractivity contribution in [3.8, 4) is 5.75 Å². The van der Waals surface area contributed by atoms with E-state index in [0.717, 1.165) is 28.1 Å². The number of benzene rings is 2. The summed E-state index contributed by atoms with van der Waals surface area (Å²) in [6.07, 6.45) is 5.67. The van der Waals surface area contributed by atoms with Crippen molar-refractivity contribution in [1.82, 2.24) is 26.3 Å². The van der Waals surface area contributed by atoms with Crippen molar-refractivity contribution in [3.63, 3.8) is 0 Å². The molecule has 2 aromatic carbocycles. The Labute approximate surface area is 235 Å². The highest BCUT2D eigenvalue weighted by atomic mass is 16.6. The third-order valence-corrected chi connectivity index (χ3v) is 6.59. The highest BCUT2D eigenvalue weighted by molar-refractivity contribution is 5.99. The van der Waals surface area contributed by atoms with Crippen LogP contribution in [0.2, 0.25) is 0 Å². The highest BCUT2D eigenvalue weighted by Gasteiger charge is 2.25. The van der Waals surface area contributed by atoms with E-state index in [1.54, 1.807) is 23.1 Å². The molecule has 3 N–H and O–H groups in total. The van der Waals surface area contributed by atoms with Gasteiger partial charge < -0.3 is 19.7 Å². The molecule has 0 spiro atoms. The average Bonchev–Trinajstić information content (AvgIpc) is 3.46. The van der Waals surface area contributed by atoms with E-state index >= 15 is 0 Å². The average molecular weight is 545 g/mol. The lowest BCUT2D eigenvalue weighted by Crippen LogP contribution is -2.45. The summed E-state index contributed by atoms with van der Waals surface area (Å²) in [4.78, 5) is 27.5. The molecule has 0 bridgehead atoms. The maximum atomic E-state index is 13.2. The van der Waals surface area contributed by atoms with Gasteiger partial charge in [0.05, 0.1) is 12.7 Å². The van der Waals surface area contributed by atoms with Crippen molar-refractivity contribution in [2.75, 3.05) is 13.7 Å². The molecule has 0 saturated carbocycles. The number of ether oxygens (including phenoxy) is 2. The van der Waals surface area contributed by atoms with Crippen LogP contribution in [0.1, 0.15) is 47.8 Å². The second-order valence-electron chi connectivity index (χ2n) is 9.84. The number of hydrogen-bond acceptors (Lipinski definition) is 8. The van der Waals surface area contributed by atoms with Gasteiger partial charge in [0.2, 0.25) is 0 Å².